The van der Waals surface area contributed by atoms with Crippen LogP contribution in [0.5, 0.6) is 0 Å². The first-order valence-electron chi connectivity index (χ1n) is 8.39. The summed E-state index contributed by atoms with van der Waals surface area (Å²) in [5.74, 6) is 0.631. The molecule has 5 heterocycles. The molecular formula is C18H20BrN3OS. The van der Waals surface area contributed by atoms with E-state index >= 15 is 0 Å². The number of pyridine rings is 1. The Kier molecular flexibility index (Phi) is 4.70. The van der Waals surface area contributed by atoms with Crippen molar-refractivity contribution in [2.45, 2.75) is 31.3 Å². The number of fused-ring (bicyclic) bond motifs is 3. The quantitative estimate of drug-likeness (QED) is 0.847. The average molecular weight is 406 g/mol. The predicted octanol–water partition coefficient (Wildman–Crippen LogP) is 3.34. The SMILES string of the molecule is O=C(NC1C2CCN(CC2)C1Cc1cccnc1)c1sccc1Br. The van der Waals surface area contributed by atoms with Gasteiger partial charge in [-0.2, -0.15) is 0 Å². The van der Waals surface area contributed by atoms with Crippen molar-refractivity contribution in [1.82, 2.24) is 15.2 Å². The lowest BCUT2D eigenvalue weighted by Gasteiger charge is -2.51. The highest BCUT2D eigenvalue weighted by molar-refractivity contribution is 9.10. The number of carbonyl (C=O) groups excluding carboxylic acids is 1. The molecule has 2 atom stereocenters. The van der Waals surface area contributed by atoms with Crippen LogP contribution in [-0.4, -0.2) is 41.0 Å². The lowest BCUT2D eigenvalue weighted by atomic mass is 9.77. The van der Waals surface area contributed by atoms with Crippen LogP contribution in [0.3, 0.4) is 0 Å². The minimum atomic E-state index is 0.0480. The van der Waals surface area contributed by atoms with Gasteiger partial charge >= 0.3 is 0 Å². The molecule has 2 aromatic rings. The monoisotopic (exact) mass is 405 g/mol. The van der Waals surface area contributed by atoms with Gasteiger partial charge in [-0.05, 0) is 77.3 Å². The first-order chi connectivity index (χ1) is 11.7. The third kappa shape index (κ3) is 3.15. The normalized spacial score (nSPS) is 28.7. The molecule has 1 N–H and O–H groups in total. The highest BCUT2D eigenvalue weighted by Crippen LogP contribution is 2.34. The Bertz CT molecular complexity index is 712. The summed E-state index contributed by atoms with van der Waals surface area (Å²) in [6.45, 7) is 2.29. The fourth-order valence-electron chi connectivity index (χ4n) is 4.05. The summed E-state index contributed by atoms with van der Waals surface area (Å²) in [5.41, 5.74) is 1.24. The second kappa shape index (κ2) is 6.94. The number of piperidine rings is 3. The molecule has 0 spiro atoms. The Morgan fingerprint density at radius 2 is 2.21 bits per heavy atom. The van der Waals surface area contributed by atoms with Gasteiger partial charge in [0.1, 0.15) is 4.88 Å². The topological polar surface area (TPSA) is 45.2 Å². The number of hydrogen-bond acceptors (Lipinski definition) is 4. The summed E-state index contributed by atoms with van der Waals surface area (Å²) in [6, 6.07) is 6.63. The van der Waals surface area contributed by atoms with Gasteiger partial charge in [0.05, 0.1) is 0 Å². The standard InChI is InChI=1S/C18H20BrN3OS/c19-14-5-9-24-17(14)18(23)21-16-13-3-7-22(8-4-13)15(16)10-12-2-1-6-20-11-12/h1-2,5-6,9,11,13,15-16H,3-4,7-8,10H2,(H,21,23). The van der Waals surface area contributed by atoms with Crippen molar-refractivity contribution >= 4 is 33.2 Å². The molecule has 126 valence electrons. The molecule has 2 bridgehead atoms. The zero-order valence-corrected chi connectivity index (χ0v) is 15.7. The van der Waals surface area contributed by atoms with Crippen LogP contribution in [0.2, 0.25) is 0 Å². The van der Waals surface area contributed by atoms with E-state index in [2.05, 4.69) is 37.2 Å². The van der Waals surface area contributed by atoms with Crippen LogP contribution in [0.4, 0.5) is 0 Å². The van der Waals surface area contributed by atoms with Gasteiger partial charge in [0.25, 0.3) is 5.91 Å². The predicted molar refractivity (Wildman–Crippen MR) is 99.3 cm³/mol. The summed E-state index contributed by atoms with van der Waals surface area (Å²) in [6.07, 6.45) is 7.06. The number of carbonyl (C=O) groups is 1. The maximum Gasteiger partial charge on any atom is 0.262 e. The lowest BCUT2D eigenvalue weighted by molar-refractivity contribution is 0.0136. The van der Waals surface area contributed by atoms with Crippen LogP contribution in [0.15, 0.2) is 40.4 Å². The molecule has 24 heavy (non-hydrogen) atoms. The van der Waals surface area contributed by atoms with E-state index in [0.717, 1.165) is 28.9 Å². The second-order valence-electron chi connectivity index (χ2n) is 6.60. The van der Waals surface area contributed by atoms with Crippen molar-refractivity contribution in [3.05, 3.63) is 50.9 Å². The number of thiophene rings is 1. The Morgan fingerprint density at radius 1 is 1.38 bits per heavy atom. The maximum absolute atomic E-state index is 12.7. The molecule has 3 saturated heterocycles. The van der Waals surface area contributed by atoms with Crippen molar-refractivity contribution in [2.24, 2.45) is 5.92 Å². The molecule has 3 aliphatic heterocycles. The third-order valence-electron chi connectivity index (χ3n) is 5.25. The van der Waals surface area contributed by atoms with Crippen molar-refractivity contribution in [3.63, 3.8) is 0 Å². The first-order valence-corrected chi connectivity index (χ1v) is 10.1. The molecule has 6 heteroatoms. The van der Waals surface area contributed by atoms with Gasteiger partial charge in [-0.1, -0.05) is 6.07 Å². The highest BCUT2D eigenvalue weighted by Gasteiger charge is 2.43. The van der Waals surface area contributed by atoms with Crippen LogP contribution in [-0.2, 0) is 6.42 Å². The minimum absolute atomic E-state index is 0.0480. The molecule has 2 unspecified atom stereocenters. The fraction of sp³-hybridized carbons (Fsp3) is 0.444. The smallest absolute Gasteiger partial charge is 0.262 e. The van der Waals surface area contributed by atoms with Gasteiger partial charge in [-0.3, -0.25) is 14.7 Å². The number of hydrogen-bond donors (Lipinski definition) is 1. The zero-order valence-electron chi connectivity index (χ0n) is 13.3. The summed E-state index contributed by atoms with van der Waals surface area (Å²) in [7, 11) is 0. The fourth-order valence-corrected chi connectivity index (χ4v) is 5.51. The number of rotatable bonds is 4. The van der Waals surface area contributed by atoms with Gasteiger partial charge in [0.15, 0.2) is 0 Å². The summed E-state index contributed by atoms with van der Waals surface area (Å²) in [4.78, 5) is 20.3. The van der Waals surface area contributed by atoms with Crippen LogP contribution in [0.1, 0.15) is 28.1 Å². The molecule has 0 aromatic carbocycles. The van der Waals surface area contributed by atoms with E-state index in [1.54, 1.807) is 0 Å². The van der Waals surface area contributed by atoms with E-state index in [-0.39, 0.29) is 11.9 Å². The van der Waals surface area contributed by atoms with Crippen LogP contribution in [0, 0.1) is 5.92 Å². The first kappa shape index (κ1) is 16.2. The van der Waals surface area contributed by atoms with Crippen molar-refractivity contribution in [2.75, 3.05) is 13.1 Å². The zero-order chi connectivity index (χ0) is 16.5. The van der Waals surface area contributed by atoms with Gasteiger partial charge in [0, 0.05) is 29.0 Å². The van der Waals surface area contributed by atoms with E-state index in [4.69, 9.17) is 0 Å². The number of aromatic nitrogens is 1. The van der Waals surface area contributed by atoms with E-state index in [0.29, 0.717) is 12.0 Å². The van der Waals surface area contributed by atoms with E-state index in [1.807, 2.05) is 29.9 Å². The van der Waals surface area contributed by atoms with Gasteiger partial charge < -0.3 is 5.32 Å². The van der Waals surface area contributed by atoms with Crippen molar-refractivity contribution in [3.8, 4) is 0 Å². The maximum atomic E-state index is 12.7. The Labute approximate surface area is 154 Å². The Hall–Kier alpha value is -1.24. The van der Waals surface area contributed by atoms with Crippen LogP contribution in [0.25, 0.3) is 0 Å². The van der Waals surface area contributed by atoms with Crippen LogP contribution < -0.4 is 5.32 Å². The molecule has 3 fully saturated rings. The highest BCUT2D eigenvalue weighted by atomic mass is 79.9. The Balaban J connectivity index is 1.54. The van der Waals surface area contributed by atoms with E-state index in [1.165, 1.54) is 29.7 Å². The molecule has 0 saturated carbocycles. The number of halogens is 1. The minimum Gasteiger partial charge on any atom is -0.347 e. The van der Waals surface area contributed by atoms with Crippen LogP contribution >= 0.6 is 27.3 Å². The average Bonchev–Trinajstić information content (AvgIpc) is 3.05. The molecule has 4 nitrogen and oxygen atoms in total. The molecule has 2 aromatic heterocycles. The molecule has 1 amide bonds. The Morgan fingerprint density at radius 3 is 2.88 bits per heavy atom. The molecule has 0 radical (unpaired) electrons. The molecule has 5 rings (SSSR count). The molecule has 0 aliphatic carbocycles. The molecule has 3 aliphatic rings. The van der Waals surface area contributed by atoms with Crippen molar-refractivity contribution in [1.29, 1.82) is 0 Å². The van der Waals surface area contributed by atoms with Gasteiger partial charge in [0.2, 0.25) is 0 Å². The number of nitrogens with zero attached hydrogens (tertiary/aromatic N) is 2. The summed E-state index contributed by atoms with van der Waals surface area (Å²) >= 11 is 4.96. The second-order valence-corrected chi connectivity index (χ2v) is 8.37. The van der Waals surface area contributed by atoms with E-state index in [9.17, 15) is 4.79 Å². The molecular weight excluding hydrogens is 386 g/mol. The summed E-state index contributed by atoms with van der Waals surface area (Å²) in [5, 5.41) is 5.29. The lowest BCUT2D eigenvalue weighted by Crippen LogP contribution is -2.64. The van der Waals surface area contributed by atoms with Crippen molar-refractivity contribution < 1.29 is 4.79 Å². The van der Waals surface area contributed by atoms with Gasteiger partial charge in [-0.15, -0.1) is 11.3 Å². The summed E-state index contributed by atoms with van der Waals surface area (Å²) < 4.78 is 0.884. The van der Waals surface area contributed by atoms with Gasteiger partial charge in [-0.25, -0.2) is 0 Å². The number of nitrogens with one attached hydrogen (secondary N) is 1. The number of amides is 1. The third-order valence-corrected chi connectivity index (χ3v) is 7.09. The largest absolute Gasteiger partial charge is 0.347 e. The van der Waals surface area contributed by atoms with E-state index < -0.39 is 0 Å².